The molecule has 2 aromatic rings. The Morgan fingerprint density at radius 2 is 1.72 bits per heavy atom. The summed E-state index contributed by atoms with van der Waals surface area (Å²) in [6.45, 7) is 1.37. The number of nitrogens with zero attached hydrogens (tertiary/aromatic N) is 1. The predicted molar refractivity (Wildman–Crippen MR) is 57.4 cm³/mol. The van der Waals surface area contributed by atoms with Gasteiger partial charge in [-0.05, 0) is 18.6 Å². The van der Waals surface area contributed by atoms with E-state index in [1.807, 2.05) is 0 Å². The fraction of sp³-hybridized carbons (Fsp3) is 0.333. The fourth-order valence-electron chi connectivity index (χ4n) is 2.21. The van der Waals surface area contributed by atoms with Gasteiger partial charge in [0.2, 0.25) is 6.17 Å². The second kappa shape index (κ2) is 4.26. The Bertz CT molecular complexity index is 602. The van der Waals surface area contributed by atoms with Gasteiger partial charge in [0, 0.05) is 18.5 Å². The van der Waals surface area contributed by atoms with Crippen LogP contribution in [0.3, 0.4) is 0 Å². The standard InChI is InChI=1S/C12H10F5N/c1-5-7-3-6(13)4-8(14)11(7)18(2)10(5)9(15)12(16)17/h3-4,9,12H,1-2H3. The molecule has 2 rings (SSSR count). The molecule has 98 valence electrons. The molecular weight excluding hydrogens is 253 g/mol. The van der Waals surface area contributed by atoms with Crippen molar-refractivity contribution in [2.24, 2.45) is 7.05 Å². The minimum absolute atomic E-state index is 0.0767. The average Bonchev–Trinajstić information content (AvgIpc) is 2.50. The zero-order chi connectivity index (χ0) is 13.6. The summed E-state index contributed by atoms with van der Waals surface area (Å²) in [6.07, 6.45) is -5.73. The summed E-state index contributed by atoms with van der Waals surface area (Å²) >= 11 is 0. The van der Waals surface area contributed by atoms with Gasteiger partial charge in [0.15, 0.2) is 0 Å². The quantitative estimate of drug-likeness (QED) is 0.720. The first-order valence-corrected chi connectivity index (χ1v) is 5.20. The molecule has 0 amide bonds. The van der Waals surface area contributed by atoms with Crippen LogP contribution in [-0.4, -0.2) is 11.0 Å². The number of hydrogen-bond acceptors (Lipinski definition) is 0. The van der Waals surface area contributed by atoms with Crippen molar-refractivity contribution in [1.82, 2.24) is 4.57 Å². The number of hydrogen-bond donors (Lipinski definition) is 0. The largest absolute Gasteiger partial charge is 0.342 e. The number of fused-ring (bicyclic) bond motifs is 1. The van der Waals surface area contributed by atoms with Crippen LogP contribution in [0.1, 0.15) is 17.4 Å². The Labute approximate surface area is 99.8 Å². The Kier molecular flexibility index (Phi) is 3.04. The minimum Gasteiger partial charge on any atom is -0.342 e. The normalized spacial score (nSPS) is 13.6. The molecule has 0 radical (unpaired) electrons. The Morgan fingerprint density at radius 3 is 2.28 bits per heavy atom. The first-order chi connectivity index (χ1) is 8.34. The maximum atomic E-state index is 13.6. The highest BCUT2D eigenvalue weighted by Gasteiger charge is 2.29. The van der Waals surface area contributed by atoms with Crippen LogP contribution >= 0.6 is 0 Å². The highest BCUT2D eigenvalue weighted by Crippen LogP contribution is 2.35. The smallest absolute Gasteiger partial charge is 0.274 e. The third-order valence-electron chi connectivity index (χ3n) is 3.00. The molecule has 0 N–H and O–H groups in total. The summed E-state index contributed by atoms with van der Waals surface area (Å²) in [6, 6.07) is 1.65. The molecule has 6 heteroatoms. The van der Waals surface area contributed by atoms with E-state index in [0.29, 0.717) is 6.07 Å². The van der Waals surface area contributed by atoms with Crippen LogP contribution in [0.5, 0.6) is 0 Å². The summed E-state index contributed by atoms with van der Waals surface area (Å²) in [4.78, 5) is 0. The molecule has 0 aliphatic heterocycles. The fourth-order valence-corrected chi connectivity index (χ4v) is 2.21. The van der Waals surface area contributed by atoms with Gasteiger partial charge in [-0.3, -0.25) is 0 Å². The van der Waals surface area contributed by atoms with E-state index in [0.717, 1.165) is 10.6 Å². The lowest BCUT2D eigenvalue weighted by Crippen LogP contribution is -2.09. The number of halogens is 5. The molecule has 0 aliphatic carbocycles. The zero-order valence-corrected chi connectivity index (χ0v) is 9.65. The SMILES string of the molecule is Cc1c(C(F)C(F)F)n(C)c2c(F)cc(F)cc12. The Balaban J connectivity index is 2.81. The Hall–Kier alpha value is -1.59. The van der Waals surface area contributed by atoms with Gasteiger partial charge in [0.1, 0.15) is 11.6 Å². The molecule has 1 unspecified atom stereocenters. The molecule has 1 aromatic carbocycles. The number of rotatable bonds is 2. The number of benzene rings is 1. The monoisotopic (exact) mass is 263 g/mol. The number of aryl methyl sites for hydroxylation is 2. The second-order valence-corrected chi connectivity index (χ2v) is 4.09. The average molecular weight is 263 g/mol. The van der Waals surface area contributed by atoms with Crippen molar-refractivity contribution in [1.29, 1.82) is 0 Å². The minimum atomic E-state index is -3.21. The van der Waals surface area contributed by atoms with Crippen molar-refractivity contribution in [3.63, 3.8) is 0 Å². The summed E-state index contributed by atoms with van der Waals surface area (Å²) in [5, 5.41) is 0.105. The van der Waals surface area contributed by atoms with Crippen LogP contribution in [0.15, 0.2) is 12.1 Å². The van der Waals surface area contributed by atoms with E-state index >= 15 is 0 Å². The van der Waals surface area contributed by atoms with Gasteiger partial charge in [-0.1, -0.05) is 0 Å². The van der Waals surface area contributed by atoms with E-state index in [9.17, 15) is 22.0 Å². The maximum Gasteiger partial charge on any atom is 0.274 e. The second-order valence-electron chi connectivity index (χ2n) is 4.09. The van der Waals surface area contributed by atoms with Crippen LogP contribution in [0, 0.1) is 18.6 Å². The van der Waals surface area contributed by atoms with Gasteiger partial charge < -0.3 is 4.57 Å². The summed E-state index contributed by atoms with van der Waals surface area (Å²) in [5.41, 5.74) is -0.282. The molecule has 0 spiro atoms. The van der Waals surface area contributed by atoms with E-state index in [1.165, 1.54) is 14.0 Å². The van der Waals surface area contributed by atoms with Crippen molar-refractivity contribution >= 4 is 10.9 Å². The maximum absolute atomic E-state index is 13.6. The molecule has 1 aromatic heterocycles. The molecule has 0 saturated carbocycles. The van der Waals surface area contributed by atoms with Crippen molar-refractivity contribution in [2.75, 3.05) is 0 Å². The summed E-state index contributed by atoms with van der Waals surface area (Å²) < 4.78 is 66.0. The summed E-state index contributed by atoms with van der Waals surface area (Å²) in [5.74, 6) is -1.73. The highest BCUT2D eigenvalue weighted by atomic mass is 19.3. The number of alkyl halides is 3. The molecule has 18 heavy (non-hydrogen) atoms. The lowest BCUT2D eigenvalue weighted by atomic mass is 10.1. The van der Waals surface area contributed by atoms with Gasteiger partial charge >= 0.3 is 0 Å². The first-order valence-electron chi connectivity index (χ1n) is 5.20. The number of aromatic nitrogens is 1. The van der Waals surface area contributed by atoms with E-state index < -0.39 is 24.2 Å². The lowest BCUT2D eigenvalue weighted by Gasteiger charge is -2.10. The predicted octanol–water partition coefficient (Wildman–Crippen LogP) is 4.04. The van der Waals surface area contributed by atoms with Crippen molar-refractivity contribution in [3.8, 4) is 0 Å². The summed E-state index contributed by atoms with van der Waals surface area (Å²) in [7, 11) is 1.28. The first kappa shape index (κ1) is 12.9. The molecular formula is C12H10F5N. The van der Waals surface area contributed by atoms with Gasteiger partial charge in [0.05, 0.1) is 11.2 Å². The van der Waals surface area contributed by atoms with Crippen LogP contribution in [-0.2, 0) is 7.05 Å². The molecule has 1 heterocycles. The van der Waals surface area contributed by atoms with E-state index in [2.05, 4.69) is 0 Å². The van der Waals surface area contributed by atoms with Gasteiger partial charge in [-0.2, -0.15) is 0 Å². The lowest BCUT2D eigenvalue weighted by molar-refractivity contribution is 0.0456. The van der Waals surface area contributed by atoms with Crippen molar-refractivity contribution in [3.05, 3.63) is 35.0 Å². The highest BCUT2D eigenvalue weighted by molar-refractivity contribution is 5.86. The van der Waals surface area contributed by atoms with E-state index in [-0.39, 0.29) is 22.2 Å². The Morgan fingerprint density at radius 1 is 1.11 bits per heavy atom. The topological polar surface area (TPSA) is 4.93 Å². The van der Waals surface area contributed by atoms with E-state index in [1.54, 1.807) is 0 Å². The van der Waals surface area contributed by atoms with Crippen molar-refractivity contribution < 1.29 is 22.0 Å². The zero-order valence-electron chi connectivity index (χ0n) is 9.65. The molecule has 1 nitrogen and oxygen atoms in total. The third kappa shape index (κ3) is 1.76. The molecule has 1 atom stereocenters. The molecule has 0 fully saturated rings. The van der Waals surface area contributed by atoms with E-state index in [4.69, 9.17) is 0 Å². The van der Waals surface area contributed by atoms with Crippen LogP contribution < -0.4 is 0 Å². The third-order valence-corrected chi connectivity index (χ3v) is 3.00. The van der Waals surface area contributed by atoms with Crippen LogP contribution in [0.4, 0.5) is 22.0 Å². The molecule has 0 bridgehead atoms. The molecule has 0 saturated heterocycles. The van der Waals surface area contributed by atoms with Gasteiger partial charge in [-0.25, -0.2) is 22.0 Å². The van der Waals surface area contributed by atoms with Crippen molar-refractivity contribution in [2.45, 2.75) is 19.5 Å². The van der Waals surface area contributed by atoms with Gasteiger partial charge in [0.25, 0.3) is 6.43 Å². The molecule has 0 aliphatic rings. The van der Waals surface area contributed by atoms with Gasteiger partial charge in [-0.15, -0.1) is 0 Å². The van der Waals surface area contributed by atoms with Crippen LogP contribution in [0.25, 0.3) is 10.9 Å². The van der Waals surface area contributed by atoms with Crippen LogP contribution in [0.2, 0.25) is 0 Å².